The van der Waals surface area contributed by atoms with E-state index in [1.165, 1.54) is 18.2 Å². The molecule has 198 valence electrons. The highest BCUT2D eigenvalue weighted by atomic mass is 32.2. The van der Waals surface area contributed by atoms with Crippen LogP contribution < -0.4 is 11.1 Å². The number of aliphatic imine (C=N–C) groups is 1. The molecular weight excluding hydrogens is 493 g/mol. The standard InChI is InChI=1S/C28H34FN3O4S/c1-7-18-12-19(8-9-20(29)13-18)25(33)31-21-10-11-22(16(2)3)23(14-21)28-15-36-17(4)24(28)37(34,35)27(5,6)26(30)32-28/h8-14,17-18,24H,2,7,15H2,1,3-6H3,(H2,30,32)(H,31,33). The molecule has 0 bridgehead atoms. The Morgan fingerprint density at radius 3 is 2.65 bits per heavy atom. The van der Waals surface area contributed by atoms with Crippen molar-refractivity contribution >= 4 is 32.8 Å². The normalized spacial score (nSPS) is 29.9. The van der Waals surface area contributed by atoms with Gasteiger partial charge in [-0.3, -0.25) is 9.79 Å². The topological polar surface area (TPSA) is 111 Å². The molecular formula is C28H34FN3O4S. The number of carbonyl (C=O) groups excluding carboxylic acids is 1. The van der Waals surface area contributed by atoms with Crippen LogP contribution in [0.2, 0.25) is 0 Å². The monoisotopic (exact) mass is 527 g/mol. The number of benzene rings is 1. The first kappa shape index (κ1) is 27.0. The summed E-state index contributed by atoms with van der Waals surface area (Å²) < 4.78 is 46.1. The number of halogens is 1. The summed E-state index contributed by atoms with van der Waals surface area (Å²) in [4.78, 5) is 18.0. The molecule has 0 radical (unpaired) electrons. The van der Waals surface area contributed by atoms with E-state index in [-0.39, 0.29) is 18.4 Å². The van der Waals surface area contributed by atoms with Crippen LogP contribution in [-0.2, 0) is 24.9 Å². The van der Waals surface area contributed by atoms with E-state index in [9.17, 15) is 17.6 Å². The minimum Gasteiger partial charge on any atom is -0.386 e. The van der Waals surface area contributed by atoms with Crippen molar-refractivity contribution in [3.63, 3.8) is 0 Å². The van der Waals surface area contributed by atoms with Crippen LogP contribution in [0.4, 0.5) is 10.1 Å². The van der Waals surface area contributed by atoms with Crippen molar-refractivity contribution < 1.29 is 22.3 Å². The summed E-state index contributed by atoms with van der Waals surface area (Å²) >= 11 is 0. The van der Waals surface area contributed by atoms with Crippen molar-refractivity contribution in [3.05, 3.63) is 71.6 Å². The summed E-state index contributed by atoms with van der Waals surface area (Å²) in [7, 11) is -3.81. The van der Waals surface area contributed by atoms with Crippen molar-refractivity contribution in [1.82, 2.24) is 0 Å². The SMILES string of the molecule is C=C(C)c1ccc(NC(=O)C2=CC(CC)C=C(F)C=C2)cc1C12COC(C)C1S(=O)(=O)C(C)(C)C(N)=N2. The van der Waals surface area contributed by atoms with Gasteiger partial charge in [-0.05, 0) is 81.5 Å². The molecule has 37 heavy (non-hydrogen) atoms. The van der Waals surface area contributed by atoms with Crippen molar-refractivity contribution in [2.24, 2.45) is 16.6 Å². The van der Waals surface area contributed by atoms with Crippen LogP contribution >= 0.6 is 0 Å². The highest BCUT2D eigenvalue weighted by molar-refractivity contribution is 7.94. The van der Waals surface area contributed by atoms with Crippen LogP contribution in [0.5, 0.6) is 0 Å². The lowest BCUT2D eigenvalue weighted by Crippen LogP contribution is -2.61. The number of nitrogens with two attached hydrogens (primary N) is 1. The zero-order valence-corrected chi connectivity index (χ0v) is 22.7. The Morgan fingerprint density at radius 1 is 1.30 bits per heavy atom. The molecule has 0 spiro atoms. The average molecular weight is 528 g/mol. The summed E-state index contributed by atoms with van der Waals surface area (Å²) in [6.07, 6.45) is 5.95. The van der Waals surface area contributed by atoms with Crippen molar-refractivity contribution in [2.75, 3.05) is 11.9 Å². The Bertz CT molecular complexity index is 1390. The minimum atomic E-state index is -3.81. The van der Waals surface area contributed by atoms with Gasteiger partial charge in [-0.25, -0.2) is 12.8 Å². The number of nitrogens with one attached hydrogen (secondary N) is 1. The number of fused-ring (bicyclic) bond motifs is 1. The fourth-order valence-corrected chi connectivity index (χ4v) is 7.55. The quantitative estimate of drug-likeness (QED) is 0.582. The molecule has 2 heterocycles. The maximum atomic E-state index is 13.9. The number of amides is 1. The lowest BCUT2D eigenvalue weighted by Gasteiger charge is -2.43. The van der Waals surface area contributed by atoms with E-state index in [1.807, 2.05) is 13.8 Å². The molecule has 4 rings (SSSR count). The molecule has 0 aromatic heterocycles. The number of amidine groups is 1. The van der Waals surface area contributed by atoms with Gasteiger partial charge in [0, 0.05) is 11.3 Å². The zero-order chi connectivity index (χ0) is 27.3. The predicted molar refractivity (Wildman–Crippen MR) is 145 cm³/mol. The van der Waals surface area contributed by atoms with Gasteiger partial charge < -0.3 is 15.8 Å². The molecule has 3 aliphatic rings. The van der Waals surface area contributed by atoms with E-state index in [0.29, 0.717) is 34.4 Å². The first-order valence-electron chi connectivity index (χ1n) is 12.3. The summed E-state index contributed by atoms with van der Waals surface area (Å²) in [5.41, 5.74) is 7.74. The number of sulfone groups is 1. The van der Waals surface area contributed by atoms with Gasteiger partial charge in [-0.1, -0.05) is 31.2 Å². The number of carbonyl (C=O) groups is 1. The highest BCUT2D eigenvalue weighted by Crippen LogP contribution is 2.50. The molecule has 1 aromatic rings. The van der Waals surface area contributed by atoms with Crippen molar-refractivity contribution in [2.45, 2.75) is 62.7 Å². The lowest BCUT2D eigenvalue weighted by atomic mass is 9.82. The fourth-order valence-electron chi connectivity index (χ4n) is 5.23. The Balaban J connectivity index is 1.82. The summed E-state index contributed by atoms with van der Waals surface area (Å²) in [6.45, 7) is 12.7. The summed E-state index contributed by atoms with van der Waals surface area (Å²) in [5.74, 6) is -0.992. The molecule has 1 aliphatic carbocycles. The van der Waals surface area contributed by atoms with E-state index in [0.717, 1.165) is 0 Å². The number of anilines is 1. The zero-order valence-electron chi connectivity index (χ0n) is 21.8. The molecule has 9 heteroatoms. The van der Waals surface area contributed by atoms with E-state index in [1.54, 1.807) is 45.0 Å². The maximum Gasteiger partial charge on any atom is 0.255 e. The largest absolute Gasteiger partial charge is 0.386 e. The molecule has 2 aliphatic heterocycles. The molecule has 4 atom stereocenters. The third-order valence-electron chi connectivity index (χ3n) is 7.57. The van der Waals surface area contributed by atoms with E-state index >= 15 is 0 Å². The van der Waals surface area contributed by atoms with Gasteiger partial charge in [0.15, 0.2) is 9.84 Å². The Hall–Kier alpha value is -3.04. The third kappa shape index (κ3) is 4.38. The second kappa shape index (κ2) is 9.36. The van der Waals surface area contributed by atoms with Crippen LogP contribution in [0.3, 0.4) is 0 Å². The number of ether oxygens (including phenoxy) is 1. The summed E-state index contributed by atoms with van der Waals surface area (Å²) in [6, 6.07) is 5.23. The number of allylic oxidation sites excluding steroid dienone is 5. The van der Waals surface area contributed by atoms with Crippen molar-refractivity contribution in [1.29, 1.82) is 0 Å². The Labute approximate surface area is 218 Å². The second-order valence-electron chi connectivity index (χ2n) is 10.5. The number of rotatable bonds is 5. The third-order valence-corrected chi connectivity index (χ3v) is 10.6. The molecule has 1 amide bonds. The Morgan fingerprint density at radius 2 is 2.00 bits per heavy atom. The van der Waals surface area contributed by atoms with Gasteiger partial charge >= 0.3 is 0 Å². The highest BCUT2D eigenvalue weighted by Gasteiger charge is 2.64. The molecule has 0 saturated carbocycles. The average Bonchev–Trinajstić information content (AvgIpc) is 3.04. The molecule has 1 aromatic carbocycles. The van der Waals surface area contributed by atoms with Gasteiger partial charge in [-0.2, -0.15) is 0 Å². The van der Waals surface area contributed by atoms with E-state index < -0.39 is 43.2 Å². The van der Waals surface area contributed by atoms with Crippen molar-refractivity contribution in [3.8, 4) is 0 Å². The van der Waals surface area contributed by atoms with Gasteiger partial charge in [0.05, 0.1) is 12.7 Å². The summed E-state index contributed by atoms with van der Waals surface area (Å²) in [5, 5.41) is 1.90. The van der Waals surface area contributed by atoms with Crippen LogP contribution in [0.25, 0.3) is 5.57 Å². The number of nitrogens with zero attached hydrogens (tertiary/aromatic N) is 1. The van der Waals surface area contributed by atoms with Crippen LogP contribution in [0.15, 0.2) is 65.5 Å². The first-order chi connectivity index (χ1) is 17.2. The van der Waals surface area contributed by atoms with Gasteiger partial charge in [-0.15, -0.1) is 0 Å². The number of hydrogen-bond donors (Lipinski definition) is 2. The van der Waals surface area contributed by atoms with Gasteiger partial charge in [0.1, 0.15) is 27.2 Å². The van der Waals surface area contributed by atoms with E-state index in [2.05, 4.69) is 11.9 Å². The molecule has 1 saturated heterocycles. The van der Waals surface area contributed by atoms with Gasteiger partial charge in [0.25, 0.3) is 5.91 Å². The molecule has 3 N–H and O–H groups in total. The molecule has 7 nitrogen and oxygen atoms in total. The second-order valence-corrected chi connectivity index (χ2v) is 13.1. The fraction of sp³-hybridized carbons (Fsp3) is 0.429. The lowest BCUT2D eigenvalue weighted by molar-refractivity contribution is -0.112. The van der Waals surface area contributed by atoms with E-state index in [4.69, 9.17) is 15.5 Å². The first-order valence-corrected chi connectivity index (χ1v) is 13.9. The maximum absolute atomic E-state index is 13.9. The predicted octanol–water partition coefficient (Wildman–Crippen LogP) is 4.58. The molecule has 1 fully saturated rings. The smallest absolute Gasteiger partial charge is 0.255 e. The molecule has 4 unspecified atom stereocenters. The van der Waals surface area contributed by atoms with Crippen LogP contribution in [0.1, 0.15) is 52.2 Å². The number of hydrogen-bond acceptors (Lipinski definition) is 6. The van der Waals surface area contributed by atoms with Crippen LogP contribution in [-0.4, -0.2) is 42.9 Å². The van der Waals surface area contributed by atoms with Crippen LogP contribution in [0, 0.1) is 5.92 Å². The minimum absolute atomic E-state index is 0.0115. The Kier molecular flexibility index (Phi) is 6.84. The van der Waals surface area contributed by atoms with Gasteiger partial charge in [0.2, 0.25) is 0 Å².